The Hall–Kier alpha value is -1.08. The molecule has 2 unspecified atom stereocenters. The van der Waals surface area contributed by atoms with Crippen LogP contribution >= 0.6 is 0 Å². The van der Waals surface area contributed by atoms with Crippen LogP contribution in [0.1, 0.15) is 45.4 Å². The molecule has 4 nitrogen and oxygen atoms in total. The first-order valence-corrected chi connectivity index (χ1v) is 6.42. The van der Waals surface area contributed by atoms with Crippen LogP contribution in [0.2, 0.25) is 0 Å². The molecule has 0 spiro atoms. The molecule has 1 saturated heterocycles. The summed E-state index contributed by atoms with van der Waals surface area (Å²) in [6.45, 7) is 3.10. The van der Waals surface area contributed by atoms with Crippen LogP contribution in [0, 0.1) is 11.3 Å². The number of hydrogen-bond acceptors (Lipinski definition) is 4. The van der Waals surface area contributed by atoms with Crippen LogP contribution in [-0.2, 0) is 9.53 Å². The Morgan fingerprint density at radius 2 is 2.35 bits per heavy atom. The van der Waals surface area contributed by atoms with Gasteiger partial charge in [-0.3, -0.25) is 9.69 Å². The maximum Gasteiger partial charge on any atom is 0.307 e. The number of likely N-dealkylation sites (tertiary alicyclic amines) is 1. The van der Waals surface area contributed by atoms with E-state index in [9.17, 15) is 4.79 Å². The quantitative estimate of drug-likeness (QED) is 0.688. The maximum atomic E-state index is 11.4. The van der Waals surface area contributed by atoms with Crippen molar-refractivity contribution in [3.63, 3.8) is 0 Å². The van der Waals surface area contributed by atoms with Crippen molar-refractivity contribution in [2.75, 3.05) is 13.7 Å². The molecule has 1 rings (SSSR count). The number of carbonyl (C=O) groups excluding carboxylic acids is 1. The average Bonchev–Trinajstić information content (AvgIpc) is 2.36. The fourth-order valence-electron chi connectivity index (χ4n) is 2.60. The van der Waals surface area contributed by atoms with E-state index in [4.69, 9.17) is 10.00 Å². The van der Waals surface area contributed by atoms with Crippen LogP contribution in [0.5, 0.6) is 0 Å². The molecule has 1 heterocycles. The van der Waals surface area contributed by atoms with Crippen LogP contribution in [0.25, 0.3) is 0 Å². The summed E-state index contributed by atoms with van der Waals surface area (Å²) >= 11 is 0. The number of carbonyl (C=O) groups is 1. The third kappa shape index (κ3) is 4.01. The molecule has 17 heavy (non-hydrogen) atoms. The van der Waals surface area contributed by atoms with Crippen LogP contribution in [0.4, 0.5) is 0 Å². The molecule has 2 atom stereocenters. The summed E-state index contributed by atoms with van der Waals surface area (Å²) in [6.07, 6.45) is 5.34. The van der Waals surface area contributed by atoms with Crippen molar-refractivity contribution in [1.82, 2.24) is 4.90 Å². The lowest BCUT2D eigenvalue weighted by atomic mass is 9.95. The lowest BCUT2D eigenvalue weighted by Gasteiger charge is -2.39. The zero-order chi connectivity index (χ0) is 12.7. The molecule has 96 valence electrons. The maximum absolute atomic E-state index is 11.4. The van der Waals surface area contributed by atoms with Gasteiger partial charge in [0.25, 0.3) is 0 Å². The fourth-order valence-corrected chi connectivity index (χ4v) is 2.60. The number of esters is 1. The fraction of sp³-hybridized carbons (Fsp3) is 0.846. The lowest BCUT2D eigenvalue weighted by Crippen LogP contribution is -2.47. The number of piperidine rings is 1. The monoisotopic (exact) mass is 238 g/mol. The van der Waals surface area contributed by atoms with Gasteiger partial charge in [0.15, 0.2) is 0 Å². The second-order valence-electron chi connectivity index (χ2n) is 4.59. The number of hydrogen-bond donors (Lipinski definition) is 0. The number of nitrogens with zero attached hydrogens (tertiary/aromatic N) is 2. The van der Waals surface area contributed by atoms with E-state index in [1.165, 1.54) is 20.0 Å². The molecule has 1 aliphatic heterocycles. The molecule has 1 aliphatic rings. The van der Waals surface area contributed by atoms with E-state index in [0.717, 1.165) is 19.4 Å². The second-order valence-corrected chi connectivity index (χ2v) is 4.59. The summed E-state index contributed by atoms with van der Waals surface area (Å²) in [6, 6.07) is 2.79. The minimum absolute atomic E-state index is 0.145. The van der Waals surface area contributed by atoms with E-state index in [1.807, 2.05) is 0 Å². The van der Waals surface area contributed by atoms with Crippen molar-refractivity contribution in [3.05, 3.63) is 0 Å². The van der Waals surface area contributed by atoms with E-state index in [0.29, 0.717) is 12.8 Å². The van der Waals surface area contributed by atoms with E-state index in [-0.39, 0.29) is 18.1 Å². The zero-order valence-electron chi connectivity index (χ0n) is 10.8. The number of nitriles is 1. The third-order valence-corrected chi connectivity index (χ3v) is 3.57. The van der Waals surface area contributed by atoms with Crippen LogP contribution in [0.15, 0.2) is 0 Å². The van der Waals surface area contributed by atoms with Crippen molar-refractivity contribution in [3.8, 4) is 6.07 Å². The molecule has 0 aliphatic carbocycles. The molecule has 0 bridgehead atoms. The Balaban J connectivity index is 2.64. The van der Waals surface area contributed by atoms with E-state index < -0.39 is 0 Å². The van der Waals surface area contributed by atoms with Gasteiger partial charge < -0.3 is 4.74 Å². The molecule has 0 aromatic carbocycles. The SMILES string of the molecule is CCC(CC#N)N1CCCCC1CC(=O)OC. The van der Waals surface area contributed by atoms with Crippen molar-refractivity contribution >= 4 is 5.97 Å². The van der Waals surface area contributed by atoms with Gasteiger partial charge in [0, 0.05) is 12.1 Å². The minimum Gasteiger partial charge on any atom is -0.469 e. The molecular weight excluding hydrogens is 216 g/mol. The molecular formula is C13H22N2O2. The van der Waals surface area contributed by atoms with Gasteiger partial charge in [-0.1, -0.05) is 13.3 Å². The Bertz CT molecular complexity index is 286. The largest absolute Gasteiger partial charge is 0.469 e. The zero-order valence-corrected chi connectivity index (χ0v) is 10.8. The first-order valence-electron chi connectivity index (χ1n) is 6.42. The van der Waals surface area contributed by atoms with Gasteiger partial charge in [-0.25, -0.2) is 0 Å². The first-order chi connectivity index (χ1) is 8.22. The van der Waals surface area contributed by atoms with Crippen molar-refractivity contribution in [2.45, 2.75) is 57.5 Å². The standard InChI is InChI=1S/C13H22N2O2/c1-3-11(7-8-14)15-9-5-4-6-12(15)10-13(16)17-2/h11-12H,3-7,9-10H2,1-2H3. The lowest BCUT2D eigenvalue weighted by molar-refractivity contribution is -0.142. The molecule has 0 aromatic heterocycles. The molecule has 0 saturated carbocycles. The molecule has 0 aromatic rings. The summed E-state index contributed by atoms with van der Waals surface area (Å²) in [5.41, 5.74) is 0. The van der Waals surface area contributed by atoms with Crippen molar-refractivity contribution in [2.24, 2.45) is 0 Å². The predicted molar refractivity (Wildman–Crippen MR) is 65.3 cm³/mol. The highest BCUT2D eigenvalue weighted by Gasteiger charge is 2.29. The summed E-state index contributed by atoms with van der Waals surface area (Å²) < 4.78 is 4.74. The highest BCUT2D eigenvalue weighted by Crippen LogP contribution is 2.24. The van der Waals surface area contributed by atoms with Crippen LogP contribution in [-0.4, -0.2) is 36.6 Å². The minimum atomic E-state index is -0.145. The topological polar surface area (TPSA) is 53.3 Å². The highest BCUT2D eigenvalue weighted by atomic mass is 16.5. The predicted octanol–water partition coefficient (Wildman–Crippen LogP) is 2.10. The molecule has 1 fully saturated rings. The molecule has 0 amide bonds. The summed E-state index contributed by atoms with van der Waals surface area (Å²) in [5.74, 6) is -0.145. The summed E-state index contributed by atoms with van der Waals surface area (Å²) in [7, 11) is 1.43. The Morgan fingerprint density at radius 1 is 1.59 bits per heavy atom. The van der Waals surface area contributed by atoms with E-state index in [2.05, 4.69) is 17.9 Å². The third-order valence-electron chi connectivity index (χ3n) is 3.57. The highest BCUT2D eigenvalue weighted by molar-refractivity contribution is 5.69. The Morgan fingerprint density at radius 3 is 2.94 bits per heavy atom. The molecule has 4 heteroatoms. The number of methoxy groups -OCH3 is 1. The van der Waals surface area contributed by atoms with Gasteiger partial charge in [-0.2, -0.15) is 5.26 Å². The van der Waals surface area contributed by atoms with Gasteiger partial charge in [-0.15, -0.1) is 0 Å². The van der Waals surface area contributed by atoms with Gasteiger partial charge in [-0.05, 0) is 25.8 Å². The van der Waals surface area contributed by atoms with Crippen molar-refractivity contribution < 1.29 is 9.53 Å². The first kappa shape index (κ1) is 14.0. The normalized spacial score (nSPS) is 22.8. The average molecular weight is 238 g/mol. The van der Waals surface area contributed by atoms with E-state index in [1.54, 1.807) is 0 Å². The molecule has 0 radical (unpaired) electrons. The second kappa shape index (κ2) is 7.29. The Labute approximate surface area is 104 Å². The smallest absolute Gasteiger partial charge is 0.307 e. The van der Waals surface area contributed by atoms with Gasteiger partial charge in [0.05, 0.1) is 26.0 Å². The number of rotatable bonds is 5. The van der Waals surface area contributed by atoms with Crippen molar-refractivity contribution in [1.29, 1.82) is 5.26 Å². The van der Waals surface area contributed by atoms with E-state index >= 15 is 0 Å². The van der Waals surface area contributed by atoms with Gasteiger partial charge in [0.1, 0.15) is 0 Å². The van der Waals surface area contributed by atoms with Gasteiger partial charge in [0.2, 0.25) is 0 Å². The van der Waals surface area contributed by atoms with Gasteiger partial charge >= 0.3 is 5.97 Å². The molecule has 0 N–H and O–H groups in total. The number of ether oxygens (including phenoxy) is 1. The summed E-state index contributed by atoms with van der Waals surface area (Å²) in [5, 5.41) is 8.84. The Kier molecular flexibility index (Phi) is 5.99. The van der Waals surface area contributed by atoms with Crippen LogP contribution in [0.3, 0.4) is 0 Å². The van der Waals surface area contributed by atoms with Crippen LogP contribution < -0.4 is 0 Å². The summed E-state index contributed by atoms with van der Waals surface area (Å²) in [4.78, 5) is 13.7.